The summed E-state index contributed by atoms with van der Waals surface area (Å²) in [5.41, 5.74) is 1.94. The van der Waals surface area contributed by atoms with E-state index in [0.717, 1.165) is 165 Å². The molecule has 2 aromatic carbocycles. The zero-order chi connectivity index (χ0) is 71.3. The van der Waals surface area contributed by atoms with Gasteiger partial charge in [-0.25, -0.2) is 19.4 Å². The number of ether oxygens (including phenoxy) is 7. The summed E-state index contributed by atoms with van der Waals surface area (Å²) >= 11 is 0. The third kappa shape index (κ3) is 50.7. The summed E-state index contributed by atoms with van der Waals surface area (Å²) in [5, 5.41) is 41.6. The summed E-state index contributed by atoms with van der Waals surface area (Å²) in [7, 11) is 0. The third-order valence-corrected chi connectivity index (χ3v) is 17.2. The van der Waals surface area contributed by atoms with Crippen molar-refractivity contribution in [2.45, 2.75) is 314 Å². The highest BCUT2D eigenvalue weighted by Crippen LogP contribution is 2.23. The fourth-order valence-electron chi connectivity index (χ4n) is 11.2. The quantitative estimate of drug-likeness (QED) is 0.00914. The van der Waals surface area contributed by atoms with Gasteiger partial charge in [0.15, 0.2) is 12.2 Å². The number of carbonyl (C=O) groups is 5. The van der Waals surface area contributed by atoms with Crippen LogP contribution >= 0.6 is 0 Å². The van der Waals surface area contributed by atoms with Gasteiger partial charge >= 0.3 is 29.8 Å². The van der Waals surface area contributed by atoms with Gasteiger partial charge in [-0.05, 0) is 112 Å². The summed E-state index contributed by atoms with van der Waals surface area (Å²) in [4.78, 5) is 74.4. The van der Waals surface area contributed by atoms with E-state index in [1.807, 2.05) is 36.4 Å². The largest absolute Gasteiger partial charge is 0.490 e. The Kier molecular flexibility index (Phi) is 55.3. The fraction of sp³-hybridized carbons (Fsp3) is 0.713. The van der Waals surface area contributed by atoms with Gasteiger partial charge in [-0.2, -0.15) is 0 Å². The third-order valence-electron chi connectivity index (χ3n) is 17.2. The van der Waals surface area contributed by atoms with E-state index >= 15 is 0 Å². The minimum absolute atomic E-state index is 0.0674. The minimum atomic E-state index is -1.02. The molecule has 98 heavy (non-hydrogen) atoms. The first-order valence-electron chi connectivity index (χ1n) is 37.9. The van der Waals surface area contributed by atoms with E-state index in [0.29, 0.717) is 43.6 Å². The van der Waals surface area contributed by atoms with Crippen molar-refractivity contribution < 1.29 is 87.3 Å². The van der Waals surface area contributed by atoms with Crippen LogP contribution in [-0.2, 0) is 63.9 Å². The van der Waals surface area contributed by atoms with Gasteiger partial charge in [0, 0.05) is 18.6 Å². The first kappa shape index (κ1) is 88.5. The van der Waals surface area contributed by atoms with Crippen LogP contribution in [0.4, 0.5) is 0 Å². The summed E-state index contributed by atoms with van der Waals surface area (Å²) in [6.45, 7) is 12.8. The Hall–Kier alpha value is -5.63. The molecule has 558 valence electrons. The average Bonchev–Trinajstić information content (AvgIpc) is 0.967. The molecule has 18 nitrogen and oxygen atoms in total. The summed E-state index contributed by atoms with van der Waals surface area (Å²) in [5.74, 6) is -3.08. The van der Waals surface area contributed by atoms with Gasteiger partial charge in [0.1, 0.15) is 51.1 Å². The number of hydrogen-bond acceptors (Lipinski definition) is 18. The second-order valence-electron chi connectivity index (χ2n) is 26.4. The van der Waals surface area contributed by atoms with Crippen LogP contribution in [-0.4, -0.2) is 133 Å². The van der Waals surface area contributed by atoms with E-state index in [-0.39, 0.29) is 77.7 Å². The van der Waals surface area contributed by atoms with Crippen LogP contribution in [0.2, 0.25) is 0 Å². The van der Waals surface area contributed by atoms with Gasteiger partial charge in [-0.1, -0.05) is 237 Å². The molecule has 0 aromatic heterocycles. The van der Waals surface area contributed by atoms with E-state index in [4.69, 9.17) is 42.9 Å². The summed E-state index contributed by atoms with van der Waals surface area (Å²) in [6, 6.07) is 14.7. The SMILES string of the molecule is C=CC(=O)OCC(COc1ccc(Cc2ccc(OCC(COC(=O)C=C)OC(=O)CC(CC=CCCCCC)C(=O)OCC(O)CCCCCCCCC(O)CCCCCCCC)cc2)cc1)OC(=O)CCCCOOCC(O)CCCCCCCCC(O)CCCCCCCC. The van der Waals surface area contributed by atoms with Gasteiger partial charge in [0.2, 0.25) is 0 Å². The molecule has 18 heteroatoms. The van der Waals surface area contributed by atoms with Crippen LogP contribution < -0.4 is 9.47 Å². The molecule has 0 aliphatic rings. The lowest BCUT2D eigenvalue weighted by Gasteiger charge is -2.20. The van der Waals surface area contributed by atoms with Gasteiger partial charge in [-0.15, -0.1) is 0 Å². The molecule has 0 spiro atoms. The topological polar surface area (TPSA) is 249 Å². The molecule has 2 rings (SSSR count). The molecular formula is C80H130O18. The van der Waals surface area contributed by atoms with E-state index in [1.165, 1.54) is 64.2 Å². The van der Waals surface area contributed by atoms with E-state index < -0.39 is 60.2 Å². The smallest absolute Gasteiger partial charge is 0.330 e. The van der Waals surface area contributed by atoms with E-state index in [1.54, 1.807) is 24.3 Å². The maximum atomic E-state index is 13.5. The molecule has 0 heterocycles. The lowest BCUT2D eigenvalue weighted by molar-refractivity contribution is -0.305. The van der Waals surface area contributed by atoms with Gasteiger partial charge in [0.05, 0.1) is 43.4 Å². The first-order chi connectivity index (χ1) is 47.7. The summed E-state index contributed by atoms with van der Waals surface area (Å²) in [6.07, 6.45) is 39.5. The second-order valence-corrected chi connectivity index (χ2v) is 26.4. The van der Waals surface area contributed by atoms with Crippen LogP contribution in [0.25, 0.3) is 0 Å². The van der Waals surface area contributed by atoms with Crippen LogP contribution in [0, 0.1) is 5.92 Å². The van der Waals surface area contributed by atoms with Crippen molar-refractivity contribution in [2.24, 2.45) is 5.92 Å². The first-order valence-corrected chi connectivity index (χ1v) is 37.9. The number of rotatable bonds is 67. The van der Waals surface area contributed by atoms with Crippen LogP contribution in [0.3, 0.4) is 0 Å². The Morgan fingerprint density at radius 2 is 0.806 bits per heavy atom. The monoisotopic (exact) mass is 1380 g/mol. The maximum Gasteiger partial charge on any atom is 0.330 e. The summed E-state index contributed by atoms with van der Waals surface area (Å²) < 4.78 is 39.5. The van der Waals surface area contributed by atoms with Gasteiger partial charge < -0.3 is 53.6 Å². The highest BCUT2D eigenvalue weighted by atomic mass is 17.2. The number of esters is 5. The number of allylic oxidation sites excluding steroid dienone is 2. The molecule has 0 radical (unpaired) electrons. The number of benzene rings is 2. The second kappa shape index (κ2) is 61.3. The predicted molar refractivity (Wildman–Crippen MR) is 385 cm³/mol. The number of aliphatic hydroxyl groups is 4. The van der Waals surface area contributed by atoms with Crippen LogP contribution in [0.5, 0.6) is 11.5 Å². The zero-order valence-electron chi connectivity index (χ0n) is 60.6. The number of unbranched alkanes of at least 4 members (excludes halogenated alkanes) is 24. The molecule has 0 fully saturated rings. The molecule has 0 aliphatic heterocycles. The standard InChI is InChI=1S/C80H130O18/c1-6-11-14-17-24-31-40-67(80(89)94-59-70(83)45-36-29-22-20-27-34-43-68(81)41-32-25-18-15-12-7-2)58-79(88)98-75(64-93-77(86)10-5)62-91-73-54-50-66(51-55-73)57-65-48-52-72(53-49-65)90-61-74(63-92-76(85)9-4)97-78(87)47-38-39-56-95-96-60-71(84)46-37-30-23-21-28-35-44-69(82)42-33-26-19-16-13-8-3/h9-10,24,31,48-55,67-71,74-75,81-84H,4-8,11-23,25-30,32-47,56-64H2,1-3H3. The minimum Gasteiger partial charge on any atom is -0.490 e. The van der Waals surface area contributed by atoms with Crippen molar-refractivity contribution in [3.8, 4) is 11.5 Å². The van der Waals surface area contributed by atoms with Crippen molar-refractivity contribution in [3.63, 3.8) is 0 Å². The Morgan fingerprint density at radius 1 is 0.408 bits per heavy atom. The Balaban J connectivity index is 1.80. The molecule has 0 saturated heterocycles. The molecule has 0 amide bonds. The highest BCUT2D eigenvalue weighted by molar-refractivity contribution is 5.82. The van der Waals surface area contributed by atoms with E-state index in [9.17, 15) is 44.4 Å². The van der Waals surface area contributed by atoms with Crippen molar-refractivity contribution in [1.82, 2.24) is 0 Å². The fourth-order valence-corrected chi connectivity index (χ4v) is 11.2. The average molecular weight is 1380 g/mol. The van der Waals surface area contributed by atoms with Crippen molar-refractivity contribution in [3.05, 3.63) is 97.1 Å². The predicted octanol–water partition coefficient (Wildman–Crippen LogP) is 16.7. The molecule has 2 aromatic rings. The van der Waals surface area contributed by atoms with Crippen LogP contribution in [0.1, 0.15) is 282 Å². The molecule has 0 saturated carbocycles. The molecule has 0 aliphatic carbocycles. The van der Waals surface area contributed by atoms with Crippen molar-refractivity contribution in [1.29, 1.82) is 0 Å². The molecule has 0 bridgehead atoms. The highest BCUT2D eigenvalue weighted by Gasteiger charge is 2.27. The Labute approximate surface area is 589 Å². The molecule has 7 unspecified atom stereocenters. The lowest BCUT2D eigenvalue weighted by Crippen LogP contribution is -2.32. The number of hydrogen-bond donors (Lipinski definition) is 4. The van der Waals surface area contributed by atoms with Crippen LogP contribution in [0.15, 0.2) is 86.0 Å². The molecule has 4 N–H and O–H groups in total. The normalized spacial score (nSPS) is 13.6. The maximum absolute atomic E-state index is 13.5. The van der Waals surface area contributed by atoms with Crippen molar-refractivity contribution in [2.75, 3.05) is 46.2 Å². The number of aliphatic hydroxyl groups excluding tert-OH is 4. The number of carbonyl (C=O) groups excluding carboxylic acids is 5. The Bertz CT molecular complexity index is 2340. The van der Waals surface area contributed by atoms with Gasteiger partial charge in [0.25, 0.3) is 0 Å². The van der Waals surface area contributed by atoms with E-state index in [2.05, 4.69) is 33.9 Å². The molecular weight excluding hydrogens is 1250 g/mol. The zero-order valence-corrected chi connectivity index (χ0v) is 60.6. The lowest BCUT2D eigenvalue weighted by atomic mass is 10.0. The van der Waals surface area contributed by atoms with Crippen molar-refractivity contribution >= 4 is 29.8 Å². The molecule has 7 atom stereocenters. The Morgan fingerprint density at radius 3 is 1.24 bits per heavy atom. The van der Waals surface area contributed by atoms with Gasteiger partial charge in [-0.3, -0.25) is 14.4 Å².